The topological polar surface area (TPSA) is 115 Å². The van der Waals surface area contributed by atoms with Gasteiger partial charge in [0.05, 0.1) is 6.10 Å². The van der Waals surface area contributed by atoms with Gasteiger partial charge in [-0.05, 0) is 25.6 Å². The fourth-order valence-electron chi connectivity index (χ4n) is 1.21. The monoisotopic (exact) mass is 328 g/mol. The van der Waals surface area contributed by atoms with Crippen molar-refractivity contribution in [3.63, 3.8) is 0 Å². The van der Waals surface area contributed by atoms with Gasteiger partial charge < -0.3 is 9.64 Å². The van der Waals surface area contributed by atoms with Gasteiger partial charge in [-0.3, -0.25) is 5.43 Å². The maximum absolute atomic E-state index is 5.47. The average Bonchev–Trinajstić information content (AvgIpc) is 2.86. The molecule has 21 heavy (non-hydrogen) atoms. The zero-order valence-electron chi connectivity index (χ0n) is 12.1. The van der Waals surface area contributed by atoms with Gasteiger partial charge in [-0.15, -0.1) is 10.2 Å². The molecule has 114 valence electrons. The van der Waals surface area contributed by atoms with E-state index in [2.05, 4.69) is 30.6 Å². The number of nitrogen functional groups attached to an aromatic ring is 1. The second kappa shape index (κ2) is 6.83. The first-order valence-corrected chi connectivity index (χ1v) is 7.69. The summed E-state index contributed by atoms with van der Waals surface area (Å²) in [6, 6.07) is 0.216. The average molecular weight is 328 g/mol. The Hall–Kier alpha value is -1.72. The number of hydrazine groups is 1. The van der Waals surface area contributed by atoms with Crippen LogP contribution in [0.1, 0.15) is 13.8 Å². The summed E-state index contributed by atoms with van der Waals surface area (Å²) in [6.07, 6.45) is -0.0438. The van der Waals surface area contributed by atoms with Crippen LogP contribution in [0.25, 0.3) is 0 Å². The number of nitrogens with one attached hydrogen (secondary N) is 1. The van der Waals surface area contributed by atoms with Crippen LogP contribution in [0, 0.1) is 0 Å². The molecular weight excluding hydrogens is 312 g/mol. The lowest BCUT2D eigenvalue weighted by molar-refractivity contribution is 0.219. The van der Waals surface area contributed by atoms with Crippen molar-refractivity contribution < 1.29 is 4.74 Å². The van der Waals surface area contributed by atoms with Crippen LogP contribution in [0.5, 0.6) is 6.01 Å². The van der Waals surface area contributed by atoms with Crippen LogP contribution in [0.15, 0.2) is 9.50 Å². The van der Waals surface area contributed by atoms with Gasteiger partial charge in [0.2, 0.25) is 16.2 Å². The van der Waals surface area contributed by atoms with E-state index >= 15 is 0 Å². The number of nitrogens with two attached hydrogens (primary N) is 1. The molecule has 0 aliphatic rings. The largest absolute Gasteiger partial charge is 0.461 e. The standard InChI is InChI=1S/C10H16N8OS2/c1-5(2)19-7-12-6(15-11)13-8(14-7)20-10-17-16-9(21-10)18(3)4/h5H,11H2,1-4H3,(H,12,13,14,15). The van der Waals surface area contributed by atoms with E-state index in [1.807, 2.05) is 32.8 Å². The summed E-state index contributed by atoms with van der Waals surface area (Å²) in [6.45, 7) is 3.78. The molecule has 0 spiro atoms. The van der Waals surface area contributed by atoms with Gasteiger partial charge in [-0.1, -0.05) is 11.3 Å². The predicted molar refractivity (Wildman–Crippen MR) is 81.8 cm³/mol. The summed E-state index contributed by atoms with van der Waals surface area (Å²) in [4.78, 5) is 14.3. The lowest BCUT2D eigenvalue weighted by atomic mass is 10.5. The Bertz CT molecular complexity index is 602. The summed E-state index contributed by atoms with van der Waals surface area (Å²) in [7, 11) is 3.81. The molecule has 0 aliphatic heterocycles. The van der Waals surface area contributed by atoms with Crippen LogP contribution in [-0.2, 0) is 0 Å². The van der Waals surface area contributed by atoms with Crippen LogP contribution in [0.4, 0.5) is 11.1 Å². The molecule has 0 amide bonds. The zero-order chi connectivity index (χ0) is 15.4. The lowest BCUT2D eigenvalue weighted by Crippen LogP contribution is -2.14. The fourth-order valence-corrected chi connectivity index (χ4v) is 2.82. The van der Waals surface area contributed by atoms with Gasteiger partial charge in [-0.25, -0.2) is 5.84 Å². The smallest absolute Gasteiger partial charge is 0.322 e. The van der Waals surface area contributed by atoms with E-state index in [0.29, 0.717) is 5.16 Å². The van der Waals surface area contributed by atoms with Gasteiger partial charge in [0.1, 0.15) is 0 Å². The van der Waals surface area contributed by atoms with Crippen LogP contribution < -0.4 is 20.9 Å². The quantitative estimate of drug-likeness (QED) is 0.588. The van der Waals surface area contributed by atoms with Crippen LogP contribution in [-0.4, -0.2) is 45.3 Å². The van der Waals surface area contributed by atoms with E-state index in [1.165, 1.54) is 23.1 Å². The second-order valence-electron chi connectivity index (χ2n) is 4.38. The second-order valence-corrected chi connectivity index (χ2v) is 6.55. The first kappa shape index (κ1) is 15.7. The zero-order valence-corrected chi connectivity index (χ0v) is 13.7. The molecule has 0 bridgehead atoms. The highest BCUT2D eigenvalue weighted by atomic mass is 32.2. The van der Waals surface area contributed by atoms with Crippen molar-refractivity contribution >= 4 is 34.2 Å². The summed E-state index contributed by atoms with van der Waals surface area (Å²) in [5.41, 5.74) is 2.39. The number of nitrogens with zero attached hydrogens (tertiary/aromatic N) is 6. The molecule has 2 aromatic heterocycles. The van der Waals surface area contributed by atoms with E-state index < -0.39 is 0 Å². The fraction of sp³-hybridized carbons (Fsp3) is 0.500. The van der Waals surface area contributed by atoms with Crippen molar-refractivity contribution in [2.75, 3.05) is 24.4 Å². The highest BCUT2D eigenvalue weighted by Gasteiger charge is 2.13. The minimum atomic E-state index is -0.0438. The molecule has 2 heterocycles. The van der Waals surface area contributed by atoms with Gasteiger partial charge in [0.15, 0.2) is 4.34 Å². The highest BCUT2D eigenvalue weighted by molar-refractivity contribution is 8.00. The van der Waals surface area contributed by atoms with E-state index in [4.69, 9.17) is 10.6 Å². The van der Waals surface area contributed by atoms with Gasteiger partial charge >= 0.3 is 6.01 Å². The van der Waals surface area contributed by atoms with Crippen LogP contribution >= 0.6 is 23.1 Å². The third-order valence-electron chi connectivity index (χ3n) is 2.02. The first-order chi connectivity index (χ1) is 9.97. The molecule has 0 radical (unpaired) electrons. The van der Waals surface area contributed by atoms with Crippen LogP contribution in [0.2, 0.25) is 0 Å². The first-order valence-electron chi connectivity index (χ1n) is 6.06. The normalized spacial score (nSPS) is 10.8. The molecule has 2 aromatic rings. The van der Waals surface area contributed by atoms with Crippen molar-refractivity contribution in [1.29, 1.82) is 0 Å². The van der Waals surface area contributed by atoms with E-state index in [9.17, 15) is 0 Å². The van der Waals surface area contributed by atoms with Crippen molar-refractivity contribution in [3.8, 4) is 6.01 Å². The molecule has 0 atom stereocenters. The van der Waals surface area contributed by atoms with Crippen LogP contribution in [0.3, 0.4) is 0 Å². The predicted octanol–water partition coefficient (Wildman–Crippen LogP) is 1.01. The molecule has 11 heteroatoms. The van der Waals surface area contributed by atoms with Crippen molar-refractivity contribution in [1.82, 2.24) is 25.1 Å². The molecule has 9 nitrogen and oxygen atoms in total. The number of hydrogen-bond acceptors (Lipinski definition) is 11. The number of hydrogen-bond donors (Lipinski definition) is 2. The van der Waals surface area contributed by atoms with Crippen molar-refractivity contribution in [3.05, 3.63) is 0 Å². The molecule has 0 aromatic carbocycles. The Labute approximate surface area is 130 Å². The number of ether oxygens (including phenoxy) is 1. The molecule has 2 rings (SSSR count). The molecule has 0 unspecified atom stereocenters. The Morgan fingerprint density at radius 2 is 2.00 bits per heavy atom. The summed E-state index contributed by atoms with van der Waals surface area (Å²) < 4.78 is 6.19. The highest BCUT2D eigenvalue weighted by Crippen LogP contribution is 2.31. The van der Waals surface area contributed by atoms with Crippen molar-refractivity contribution in [2.45, 2.75) is 29.4 Å². The Balaban J connectivity index is 2.21. The van der Waals surface area contributed by atoms with Gasteiger partial charge in [0, 0.05) is 14.1 Å². The maximum atomic E-state index is 5.47. The van der Waals surface area contributed by atoms with Gasteiger partial charge in [-0.2, -0.15) is 15.0 Å². The minimum absolute atomic E-state index is 0.0438. The minimum Gasteiger partial charge on any atom is -0.461 e. The van der Waals surface area contributed by atoms with E-state index in [0.717, 1.165) is 9.47 Å². The molecule has 0 aliphatic carbocycles. The third-order valence-corrected chi connectivity index (χ3v) is 4.03. The maximum Gasteiger partial charge on any atom is 0.322 e. The molecule has 0 saturated carbocycles. The molecular formula is C10H16N8OS2. The van der Waals surface area contributed by atoms with E-state index in [1.54, 1.807) is 0 Å². The third kappa shape index (κ3) is 4.37. The molecule has 3 N–H and O–H groups in total. The Morgan fingerprint density at radius 3 is 2.57 bits per heavy atom. The van der Waals surface area contributed by atoms with Crippen molar-refractivity contribution in [2.24, 2.45) is 5.84 Å². The summed E-state index contributed by atoms with van der Waals surface area (Å²) in [5.74, 6) is 5.59. The number of rotatable bonds is 6. The molecule has 0 fully saturated rings. The summed E-state index contributed by atoms with van der Waals surface area (Å²) >= 11 is 2.72. The Morgan fingerprint density at radius 1 is 1.24 bits per heavy atom. The number of aromatic nitrogens is 5. The SMILES string of the molecule is CC(C)Oc1nc(NN)nc(Sc2nnc(N(C)C)s2)n1. The van der Waals surface area contributed by atoms with E-state index in [-0.39, 0.29) is 18.1 Å². The summed E-state index contributed by atoms with van der Waals surface area (Å²) in [5, 5.41) is 9.38. The Kier molecular flexibility index (Phi) is 5.09. The lowest BCUT2D eigenvalue weighted by Gasteiger charge is -2.09. The van der Waals surface area contributed by atoms with Gasteiger partial charge in [0.25, 0.3) is 0 Å². The molecule has 0 saturated heterocycles. The number of anilines is 2.